The van der Waals surface area contributed by atoms with E-state index in [1.165, 1.54) is 0 Å². The Morgan fingerprint density at radius 2 is 1.87 bits per heavy atom. The number of piperazine rings is 1. The number of benzene rings is 1. The van der Waals surface area contributed by atoms with Crippen molar-refractivity contribution in [2.45, 2.75) is 6.54 Å². The number of pyridine rings is 1. The second kappa shape index (κ2) is 9.40. The molecule has 1 fully saturated rings. The van der Waals surface area contributed by atoms with E-state index in [1.54, 1.807) is 11.0 Å². The molecule has 2 amide bonds. The van der Waals surface area contributed by atoms with Crippen molar-refractivity contribution in [1.82, 2.24) is 14.8 Å². The van der Waals surface area contributed by atoms with Crippen molar-refractivity contribution in [3.63, 3.8) is 0 Å². The molecule has 2 heterocycles. The van der Waals surface area contributed by atoms with Crippen LogP contribution >= 0.6 is 11.6 Å². The second-order valence-corrected chi connectivity index (χ2v) is 7.17. The predicted molar refractivity (Wildman–Crippen MR) is 111 cm³/mol. The molecule has 10 nitrogen and oxygen atoms in total. The topological polar surface area (TPSA) is 118 Å². The van der Waals surface area contributed by atoms with Crippen molar-refractivity contribution in [1.29, 1.82) is 0 Å². The number of anilines is 1. The normalized spacial score (nSPS) is 13.8. The Labute approximate surface area is 176 Å². The van der Waals surface area contributed by atoms with Crippen molar-refractivity contribution in [2.24, 2.45) is 0 Å². The number of aromatic nitrogens is 1. The lowest BCUT2D eigenvalue weighted by molar-refractivity contribution is -0.385. The molecule has 158 valence electrons. The van der Waals surface area contributed by atoms with Crippen LogP contribution in [0.5, 0.6) is 0 Å². The molecule has 0 radical (unpaired) electrons. The minimum absolute atomic E-state index is 0.209. The Bertz CT molecular complexity index is 1020. The number of amides is 2. The Kier molecular flexibility index (Phi) is 6.68. The van der Waals surface area contributed by atoms with Crippen LogP contribution in [0.1, 0.15) is 0 Å². The van der Waals surface area contributed by atoms with E-state index in [4.69, 9.17) is 11.6 Å². The van der Waals surface area contributed by atoms with Gasteiger partial charge in [-0.15, -0.1) is 0 Å². The first-order valence-corrected chi connectivity index (χ1v) is 9.61. The number of carbonyl (C=O) groups excluding carboxylic acids is 2. The molecule has 1 aromatic carbocycles. The van der Waals surface area contributed by atoms with Gasteiger partial charge in [-0.1, -0.05) is 17.7 Å². The Balaban J connectivity index is 1.48. The fourth-order valence-electron chi connectivity index (χ4n) is 3.13. The number of nitro groups is 1. The first-order chi connectivity index (χ1) is 14.3. The van der Waals surface area contributed by atoms with Gasteiger partial charge in [0.1, 0.15) is 6.54 Å². The molecule has 0 unspecified atom stereocenters. The van der Waals surface area contributed by atoms with Crippen LogP contribution in [0.4, 0.5) is 11.4 Å². The van der Waals surface area contributed by atoms with Crippen LogP contribution in [0.25, 0.3) is 0 Å². The fraction of sp³-hybridized carbons (Fsp3) is 0.316. The van der Waals surface area contributed by atoms with Gasteiger partial charge in [0.25, 0.3) is 11.2 Å². The molecule has 3 rings (SSSR count). The highest BCUT2D eigenvalue weighted by Crippen LogP contribution is 2.20. The molecule has 0 spiro atoms. The maximum Gasteiger partial charge on any atom is 0.285 e. The zero-order chi connectivity index (χ0) is 21.7. The lowest BCUT2D eigenvalue weighted by Gasteiger charge is -2.36. The standard InChI is InChI=1S/C19H20ClN5O5/c20-14-2-1-3-15(10-14)22-6-8-23(9-7-22)19(28)11-21-17(26)13-24-12-16(25(29)30)4-5-18(24)27/h1-5,10,12H,6-9,11,13H2,(H,21,26). The second-order valence-electron chi connectivity index (χ2n) is 6.73. The van der Waals surface area contributed by atoms with Gasteiger partial charge in [-0.25, -0.2) is 0 Å². The van der Waals surface area contributed by atoms with Crippen molar-refractivity contribution in [3.8, 4) is 0 Å². The zero-order valence-electron chi connectivity index (χ0n) is 16.0. The summed E-state index contributed by atoms with van der Waals surface area (Å²) >= 11 is 6.02. The summed E-state index contributed by atoms with van der Waals surface area (Å²) < 4.78 is 0.932. The molecule has 1 N–H and O–H groups in total. The summed E-state index contributed by atoms with van der Waals surface area (Å²) in [4.78, 5) is 50.1. The van der Waals surface area contributed by atoms with Crippen LogP contribution in [0.15, 0.2) is 47.4 Å². The average Bonchev–Trinajstić information content (AvgIpc) is 2.73. The number of nitrogens with one attached hydrogen (secondary N) is 1. The lowest BCUT2D eigenvalue weighted by Crippen LogP contribution is -2.51. The predicted octanol–water partition coefficient (Wildman–Crippen LogP) is 0.875. The van der Waals surface area contributed by atoms with Crippen LogP contribution in [0.2, 0.25) is 5.02 Å². The SMILES string of the molecule is O=C(Cn1cc([N+](=O)[O-])ccc1=O)NCC(=O)N1CCN(c2cccc(Cl)c2)CC1. The molecule has 1 aromatic heterocycles. The number of carbonyl (C=O) groups is 2. The van der Waals surface area contributed by atoms with Crippen LogP contribution in [0, 0.1) is 10.1 Å². The van der Waals surface area contributed by atoms with E-state index in [-0.39, 0.29) is 18.1 Å². The van der Waals surface area contributed by atoms with E-state index < -0.39 is 22.9 Å². The highest BCUT2D eigenvalue weighted by atomic mass is 35.5. The van der Waals surface area contributed by atoms with E-state index >= 15 is 0 Å². The first kappa shape index (κ1) is 21.3. The average molecular weight is 434 g/mol. The molecule has 1 aliphatic heterocycles. The molecular weight excluding hydrogens is 414 g/mol. The first-order valence-electron chi connectivity index (χ1n) is 9.23. The van der Waals surface area contributed by atoms with Crippen LogP contribution in [-0.2, 0) is 16.1 Å². The van der Waals surface area contributed by atoms with E-state index in [9.17, 15) is 24.5 Å². The van der Waals surface area contributed by atoms with Gasteiger partial charge in [0.15, 0.2) is 0 Å². The number of nitrogens with zero attached hydrogens (tertiary/aromatic N) is 4. The Morgan fingerprint density at radius 3 is 2.53 bits per heavy atom. The molecule has 0 aliphatic carbocycles. The third kappa shape index (κ3) is 5.35. The number of rotatable bonds is 6. The molecule has 2 aromatic rings. The highest BCUT2D eigenvalue weighted by molar-refractivity contribution is 6.30. The third-order valence-electron chi connectivity index (χ3n) is 4.74. The highest BCUT2D eigenvalue weighted by Gasteiger charge is 2.22. The van der Waals surface area contributed by atoms with Crippen molar-refractivity contribution in [3.05, 3.63) is 68.1 Å². The van der Waals surface area contributed by atoms with E-state index in [0.29, 0.717) is 31.2 Å². The van der Waals surface area contributed by atoms with Crippen molar-refractivity contribution in [2.75, 3.05) is 37.6 Å². The van der Waals surface area contributed by atoms with Gasteiger partial charge in [-0.2, -0.15) is 0 Å². The molecule has 0 saturated carbocycles. The van der Waals surface area contributed by atoms with Crippen LogP contribution in [-0.4, -0.2) is 58.9 Å². The minimum Gasteiger partial charge on any atom is -0.368 e. The lowest BCUT2D eigenvalue weighted by atomic mass is 10.2. The van der Waals surface area contributed by atoms with Gasteiger partial charge in [0, 0.05) is 49.0 Å². The molecule has 30 heavy (non-hydrogen) atoms. The Morgan fingerprint density at radius 1 is 1.13 bits per heavy atom. The summed E-state index contributed by atoms with van der Waals surface area (Å²) in [6, 6.07) is 9.60. The summed E-state index contributed by atoms with van der Waals surface area (Å²) in [6.45, 7) is 1.68. The maximum absolute atomic E-state index is 12.4. The molecule has 11 heteroatoms. The molecular formula is C19H20ClN5O5. The summed E-state index contributed by atoms with van der Waals surface area (Å²) in [5, 5.41) is 13.9. The quantitative estimate of drug-likeness (QED) is 0.533. The van der Waals surface area contributed by atoms with Crippen molar-refractivity contribution >= 4 is 34.8 Å². The smallest absolute Gasteiger partial charge is 0.285 e. The fourth-order valence-corrected chi connectivity index (χ4v) is 3.32. The number of halogens is 1. The maximum atomic E-state index is 12.4. The zero-order valence-corrected chi connectivity index (χ0v) is 16.7. The van der Waals surface area contributed by atoms with Gasteiger partial charge in [-0.05, 0) is 18.2 Å². The largest absolute Gasteiger partial charge is 0.368 e. The minimum atomic E-state index is -0.652. The number of hydrogen-bond acceptors (Lipinski definition) is 6. The third-order valence-corrected chi connectivity index (χ3v) is 4.97. The van der Waals surface area contributed by atoms with Gasteiger partial charge < -0.3 is 15.1 Å². The molecule has 1 aliphatic rings. The van der Waals surface area contributed by atoms with E-state index in [1.807, 2.05) is 18.2 Å². The molecule has 0 atom stereocenters. The Hall–Kier alpha value is -3.40. The molecule has 0 bridgehead atoms. The van der Waals surface area contributed by atoms with Gasteiger partial charge in [0.2, 0.25) is 11.8 Å². The van der Waals surface area contributed by atoms with Crippen LogP contribution in [0.3, 0.4) is 0 Å². The van der Waals surface area contributed by atoms with Crippen LogP contribution < -0.4 is 15.8 Å². The summed E-state index contributed by atoms with van der Waals surface area (Å²) in [7, 11) is 0. The summed E-state index contributed by atoms with van der Waals surface area (Å²) in [5.41, 5.74) is 0.153. The number of hydrogen-bond donors (Lipinski definition) is 1. The summed E-state index contributed by atoms with van der Waals surface area (Å²) in [5.74, 6) is -0.816. The van der Waals surface area contributed by atoms with E-state index in [0.717, 1.165) is 28.6 Å². The molecule has 1 saturated heterocycles. The van der Waals surface area contributed by atoms with Crippen molar-refractivity contribution < 1.29 is 14.5 Å². The summed E-state index contributed by atoms with van der Waals surface area (Å²) in [6.07, 6.45) is 0.999. The van der Waals surface area contributed by atoms with Gasteiger partial charge >= 0.3 is 0 Å². The monoisotopic (exact) mass is 433 g/mol. The van der Waals surface area contributed by atoms with Gasteiger partial charge in [-0.3, -0.25) is 29.1 Å². The van der Waals surface area contributed by atoms with Gasteiger partial charge in [0.05, 0.1) is 17.7 Å². The van der Waals surface area contributed by atoms with E-state index in [2.05, 4.69) is 10.2 Å².